The fourth-order valence-corrected chi connectivity index (χ4v) is 3.47. The lowest BCUT2D eigenvalue weighted by Gasteiger charge is -2.22. The van der Waals surface area contributed by atoms with Crippen LogP contribution in [0.1, 0.15) is 40.7 Å². The molecule has 0 aromatic heterocycles. The molecule has 1 atom stereocenters. The van der Waals surface area contributed by atoms with Crippen LogP contribution in [0.3, 0.4) is 0 Å². The van der Waals surface area contributed by atoms with Crippen molar-refractivity contribution in [3.8, 4) is 6.07 Å². The maximum absolute atomic E-state index is 12.4. The van der Waals surface area contributed by atoms with Crippen LogP contribution < -0.4 is 21.3 Å². The first-order valence-electron chi connectivity index (χ1n) is 10.3. The monoisotopic (exact) mass is 441 g/mol. The molecule has 1 heterocycles. The average Bonchev–Trinajstić information content (AvgIpc) is 2.79. The van der Waals surface area contributed by atoms with E-state index >= 15 is 0 Å². The van der Waals surface area contributed by atoms with Crippen molar-refractivity contribution in [2.45, 2.75) is 25.8 Å². The topological polar surface area (TPSA) is 106 Å². The number of nitrogens with zero attached hydrogens (tertiary/aromatic N) is 1. The number of nitrogens with one attached hydrogen (secondary N) is 4. The minimum atomic E-state index is -0.351. The molecule has 1 aliphatic rings. The second-order valence-electron chi connectivity index (χ2n) is 7.45. The number of anilines is 1. The summed E-state index contributed by atoms with van der Waals surface area (Å²) in [6, 6.07) is 15.6. The summed E-state index contributed by atoms with van der Waals surface area (Å²) in [6.45, 7) is 3.09. The minimum Gasteiger partial charge on any atom is -0.352 e. The van der Waals surface area contributed by atoms with Crippen LogP contribution in [0.4, 0.5) is 10.5 Å². The molecule has 8 heteroatoms. The number of rotatable bonds is 7. The van der Waals surface area contributed by atoms with Gasteiger partial charge in [0, 0.05) is 24.3 Å². The Hall–Kier alpha value is -3.08. The van der Waals surface area contributed by atoms with Gasteiger partial charge in [0.2, 0.25) is 0 Å². The van der Waals surface area contributed by atoms with Gasteiger partial charge in [0.1, 0.15) is 0 Å². The lowest BCUT2D eigenvalue weighted by atomic mass is 9.96. The fourth-order valence-electron chi connectivity index (χ4n) is 3.47. The summed E-state index contributed by atoms with van der Waals surface area (Å²) in [6.07, 6.45) is 3.40. The minimum absolute atomic E-state index is 0. The zero-order valence-electron chi connectivity index (χ0n) is 17.3. The number of hydrogen-bond donors (Lipinski definition) is 4. The molecular formula is C23H28ClN5O2. The summed E-state index contributed by atoms with van der Waals surface area (Å²) < 4.78 is 0. The summed E-state index contributed by atoms with van der Waals surface area (Å²) in [5.74, 6) is 0.534. The molecule has 0 radical (unpaired) electrons. The zero-order valence-corrected chi connectivity index (χ0v) is 18.1. The molecule has 31 heavy (non-hydrogen) atoms. The lowest BCUT2D eigenvalue weighted by molar-refractivity contribution is 0.0950. The number of hydrogen-bond acceptors (Lipinski definition) is 4. The molecule has 1 saturated heterocycles. The van der Waals surface area contributed by atoms with E-state index in [1.165, 1.54) is 12.8 Å². The summed E-state index contributed by atoms with van der Waals surface area (Å²) >= 11 is 0. The number of amides is 3. The normalized spacial score (nSPS) is 15.1. The van der Waals surface area contributed by atoms with E-state index in [1.54, 1.807) is 36.4 Å². The van der Waals surface area contributed by atoms with E-state index in [1.807, 2.05) is 18.2 Å². The largest absolute Gasteiger partial charge is 0.352 e. The highest BCUT2D eigenvalue weighted by atomic mass is 35.5. The van der Waals surface area contributed by atoms with Crippen molar-refractivity contribution >= 4 is 30.0 Å². The second-order valence-corrected chi connectivity index (χ2v) is 7.45. The number of halogens is 1. The smallest absolute Gasteiger partial charge is 0.319 e. The zero-order chi connectivity index (χ0) is 21.2. The van der Waals surface area contributed by atoms with Gasteiger partial charge >= 0.3 is 6.03 Å². The third kappa shape index (κ3) is 7.93. The molecule has 7 nitrogen and oxygen atoms in total. The first kappa shape index (κ1) is 24.2. The molecule has 0 spiro atoms. The van der Waals surface area contributed by atoms with Gasteiger partial charge in [-0.3, -0.25) is 4.79 Å². The summed E-state index contributed by atoms with van der Waals surface area (Å²) in [5, 5.41) is 20.7. The number of carbonyl (C=O) groups is 2. The first-order chi connectivity index (χ1) is 14.6. The Labute approximate surface area is 189 Å². The molecule has 0 aliphatic carbocycles. The van der Waals surface area contributed by atoms with Gasteiger partial charge in [-0.25, -0.2) is 4.79 Å². The second kappa shape index (κ2) is 12.6. The van der Waals surface area contributed by atoms with Crippen LogP contribution in [0.25, 0.3) is 0 Å². The number of benzene rings is 2. The van der Waals surface area contributed by atoms with Gasteiger partial charge in [-0.15, -0.1) is 12.4 Å². The van der Waals surface area contributed by atoms with Crippen LogP contribution in [0.2, 0.25) is 0 Å². The number of urea groups is 1. The van der Waals surface area contributed by atoms with E-state index in [2.05, 4.69) is 21.3 Å². The van der Waals surface area contributed by atoms with Crippen molar-refractivity contribution in [2.75, 3.05) is 25.0 Å². The van der Waals surface area contributed by atoms with E-state index in [0.717, 1.165) is 25.1 Å². The Kier molecular flexibility index (Phi) is 9.82. The predicted molar refractivity (Wildman–Crippen MR) is 123 cm³/mol. The van der Waals surface area contributed by atoms with Crippen LogP contribution in [-0.4, -0.2) is 31.6 Å². The van der Waals surface area contributed by atoms with E-state index in [4.69, 9.17) is 5.26 Å². The molecule has 164 valence electrons. The Morgan fingerprint density at radius 1 is 1.13 bits per heavy atom. The molecule has 3 amide bonds. The van der Waals surface area contributed by atoms with Gasteiger partial charge in [0.05, 0.1) is 11.6 Å². The summed E-state index contributed by atoms with van der Waals surface area (Å²) in [5.41, 5.74) is 2.57. The Balaban J connectivity index is 0.00000341. The molecule has 3 rings (SSSR count). The van der Waals surface area contributed by atoms with Crippen molar-refractivity contribution in [2.24, 2.45) is 5.92 Å². The molecule has 2 aromatic rings. The third-order valence-electron chi connectivity index (χ3n) is 5.15. The first-order valence-corrected chi connectivity index (χ1v) is 10.3. The molecule has 4 N–H and O–H groups in total. The van der Waals surface area contributed by atoms with Gasteiger partial charge in [-0.05, 0) is 80.2 Å². The number of piperidine rings is 1. The molecule has 2 aromatic carbocycles. The number of nitriles is 1. The quantitative estimate of drug-likeness (QED) is 0.528. The summed E-state index contributed by atoms with van der Waals surface area (Å²) in [7, 11) is 0. The maximum atomic E-state index is 12.4. The van der Waals surface area contributed by atoms with Crippen molar-refractivity contribution in [3.63, 3.8) is 0 Å². The Bertz CT molecular complexity index is 905. The standard InChI is InChI=1S/C23H27N5O2.ClH/c24-14-17-6-8-21(9-7-17)28-23(30)27-16-19-3-1-5-20(13-19)22(29)26-12-10-18-4-2-11-25-15-18;/h1,3,5-9,13,18,25H,2,4,10-12,15-16H2,(H,26,29)(H2,27,28,30);1H. The third-order valence-corrected chi connectivity index (χ3v) is 5.15. The molecule has 0 saturated carbocycles. The lowest BCUT2D eigenvalue weighted by Crippen LogP contribution is -2.33. The van der Waals surface area contributed by atoms with Crippen LogP contribution in [0, 0.1) is 17.2 Å². The Morgan fingerprint density at radius 3 is 2.65 bits per heavy atom. The molecule has 1 fully saturated rings. The van der Waals surface area contributed by atoms with Crippen LogP contribution >= 0.6 is 12.4 Å². The van der Waals surface area contributed by atoms with Gasteiger partial charge < -0.3 is 21.3 Å². The van der Waals surface area contributed by atoms with E-state index in [0.29, 0.717) is 35.8 Å². The van der Waals surface area contributed by atoms with Crippen molar-refractivity contribution in [1.29, 1.82) is 5.26 Å². The van der Waals surface area contributed by atoms with Gasteiger partial charge in [0.15, 0.2) is 0 Å². The van der Waals surface area contributed by atoms with Gasteiger partial charge in [-0.2, -0.15) is 5.26 Å². The highest BCUT2D eigenvalue weighted by Crippen LogP contribution is 2.13. The molecule has 0 bridgehead atoms. The maximum Gasteiger partial charge on any atom is 0.319 e. The summed E-state index contributed by atoms with van der Waals surface area (Å²) in [4.78, 5) is 24.5. The van der Waals surface area contributed by atoms with Crippen LogP contribution in [0.5, 0.6) is 0 Å². The average molecular weight is 442 g/mol. The highest BCUT2D eigenvalue weighted by molar-refractivity contribution is 5.94. The van der Waals surface area contributed by atoms with E-state index < -0.39 is 0 Å². The van der Waals surface area contributed by atoms with Crippen LogP contribution in [0.15, 0.2) is 48.5 Å². The molecule has 1 unspecified atom stereocenters. The number of carbonyl (C=O) groups excluding carboxylic acids is 2. The molecule has 1 aliphatic heterocycles. The predicted octanol–water partition coefficient (Wildman–Crippen LogP) is 3.42. The van der Waals surface area contributed by atoms with Crippen molar-refractivity contribution in [1.82, 2.24) is 16.0 Å². The van der Waals surface area contributed by atoms with Crippen molar-refractivity contribution in [3.05, 3.63) is 65.2 Å². The van der Waals surface area contributed by atoms with E-state index in [9.17, 15) is 9.59 Å². The van der Waals surface area contributed by atoms with Gasteiger partial charge in [-0.1, -0.05) is 12.1 Å². The SMILES string of the molecule is Cl.N#Cc1ccc(NC(=O)NCc2cccc(C(=O)NCCC3CCCNC3)c2)cc1. The van der Waals surface area contributed by atoms with Crippen LogP contribution in [-0.2, 0) is 6.54 Å². The Morgan fingerprint density at radius 2 is 1.94 bits per heavy atom. The highest BCUT2D eigenvalue weighted by Gasteiger charge is 2.13. The van der Waals surface area contributed by atoms with Gasteiger partial charge in [0.25, 0.3) is 5.91 Å². The van der Waals surface area contributed by atoms with E-state index in [-0.39, 0.29) is 24.3 Å². The fraction of sp³-hybridized carbons (Fsp3) is 0.348. The molecular weight excluding hydrogens is 414 g/mol. The van der Waals surface area contributed by atoms with Crippen molar-refractivity contribution < 1.29 is 9.59 Å².